The first-order valence-corrected chi connectivity index (χ1v) is 7.48. The Morgan fingerprint density at radius 2 is 1.80 bits per heavy atom. The molecule has 1 saturated carbocycles. The lowest BCUT2D eigenvalue weighted by Gasteiger charge is -2.28. The normalized spacial score (nSPS) is 16.9. The molecule has 0 unspecified atom stereocenters. The summed E-state index contributed by atoms with van der Waals surface area (Å²) in [5.74, 6) is -1.12. The predicted octanol–water partition coefficient (Wildman–Crippen LogP) is 2.40. The molecule has 1 aromatic carbocycles. The Hall–Kier alpha value is -1.20. The van der Waals surface area contributed by atoms with Crippen molar-refractivity contribution >= 4 is 27.6 Å². The molecule has 1 aliphatic rings. The Morgan fingerprint density at radius 1 is 1.25 bits per heavy atom. The first kappa shape index (κ1) is 15.2. The number of ketones is 1. The molecular formula is C15H18BrNO3. The van der Waals surface area contributed by atoms with Gasteiger partial charge < -0.3 is 10.0 Å². The third-order valence-corrected chi connectivity index (χ3v) is 4.24. The summed E-state index contributed by atoms with van der Waals surface area (Å²) >= 11 is 3.29. The maximum atomic E-state index is 12.1. The number of amides is 1. The number of hydrogen-bond acceptors (Lipinski definition) is 3. The molecule has 20 heavy (non-hydrogen) atoms. The summed E-state index contributed by atoms with van der Waals surface area (Å²) in [4.78, 5) is 25.5. The van der Waals surface area contributed by atoms with Crippen molar-refractivity contribution in [3.8, 4) is 0 Å². The van der Waals surface area contributed by atoms with Gasteiger partial charge in [0, 0.05) is 23.6 Å². The Balaban J connectivity index is 2.02. The average molecular weight is 340 g/mol. The van der Waals surface area contributed by atoms with Gasteiger partial charge in [0.2, 0.25) is 5.78 Å². The van der Waals surface area contributed by atoms with Crippen molar-refractivity contribution in [2.45, 2.75) is 31.3 Å². The smallest absolute Gasteiger partial charge is 0.294 e. The number of carbonyl (C=O) groups excluding carboxylic acids is 2. The SMILES string of the molecule is CN(CC1(O)CCCC1)C(=O)C(=O)c1ccc(Br)cc1. The van der Waals surface area contributed by atoms with E-state index in [0.717, 1.165) is 17.3 Å². The van der Waals surface area contributed by atoms with Gasteiger partial charge in [-0.1, -0.05) is 28.8 Å². The van der Waals surface area contributed by atoms with Gasteiger partial charge in [-0.15, -0.1) is 0 Å². The molecule has 1 aliphatic carbocycles. The van der Waals surface area contributed by atoms with E-state index in [1.54, 1.807) is 31.3 Å². The van der Waals surface area contributed by atoms with Crippen LogP contribution in [0.2, 0.25) is 0 Å². The molecule has 0 heterocycles. The minimum atomic E-state index is -0.829. The van der Waals surface area contributed by atoms with Crippen LogP contribution in [-0.4, -0.2) is 40.9 Å². The Labute approximate surface area is 126 Å². The van der Waals surface area contributed by atoms with Crippen molar-refractivity contribution in [2.75, 3.05) is 13.6 Å². The van der Waals surface area contributed by atoms with Crippen LogP contribution in [0.4, 0.5) is 0 Å². The van der Waals surface area contributed by atoms with Gasteiger partial charge in [0.1, 0.15) is 0 Å². The Bertz CT molecular complexity index is 506. The van der Waals surface area contributed by atoms with Crippen LogP contribution >= 0.6 is 15.9 Å². The number of Topliss-reactive ketones (excluding diaryl/α,β-unsaturated/α-hetero) is 1. The largest absolute Gasteiger partial charge is 0.388 e. The fourth-order valence-electron chi connectivity index (χ4n) is 2.60. The summed E-state index contributed by atoms with van der Waals surface area (Å²) in [6.07, 6.45) is 3.33. The standard InChI is InChI=1S/C15H18BrNO3/c1-17(10-15(20)8-2-3-9-15)14(19)13(18)11-4-6-12(16)7-5-11/h4-7,20H,2-3,8-10H2,1H3. The highest BCUT2D eigenvalue weighted by molar-refractivity contribution is 9.10. The average Bonchev–Trinajstić information content (AvgIpc) is 2.84. The Morgan fingerprint density at radius 3 is 2.35 bits per heavy atom. The monoisotopic (exact) mass is 339 g/mol. The van der Waals surface area contributed by atoms with Gasteiger partial charge in [-0.3, -0.25) is 9.59 Å². The molecule has 1 aromatic rings. The highest BCUT2D eigenvalue weighted by atomic mass is 79.9. The van der Waals surface area contributed by atoms with Gasteiger partial charge in [-0.25, -0.2) is 0 Å². The van der Waals surface area contributed by atoms with E-state index < -0.39 is 17.3 Å². The van der Waals surface area contributed by atoms with E-state index in [1.165, 1.54) is 4.90 Å². The first-order chi connectivity index (χ1) is 9.41. The van der Waals surface area contributed by atoms with E-state index in [1.807, 2.05) is 0 Å². The van der Waals surface area contributed by atoms with E-state index in [-0.39, 0.29) is 6.54 Å². The van der Waals surface area contributed by atoms with Crippen molar-refractivity contribution in [1.82, 2.24) is 4.90 Å². The predicted molar refractivity (Wildman–Crippen MR) is 79.5 cm³/mol. The third kappa shape index (κ3) is 3.46. The van der Waals surface area contributed by atoms with Gasteiger partial charge in [-0.05, 0) is 37.1 Å². The van der Waals surface area contributed by atoms with Crippen molar-refractivity contribution in [1.29, 1.82) is 0 Å². The van der Waals surface area contributed by atoms with Crippen LogP contribution in [0.1, 0.15) is 36.0 Å². The molecule has 4 nitrogen and oxygen atoms in total. The van der Waals surface area contributed by atoms with Crippen LogP contribution in [0.15, 0.2) is 28.7 Å². The highest BCUT2D eigenvalue weighted by Crippen LogP contribution is 2.30. The maximum Gasteiger partial charge on any atom is 0.294 e. The first-order valence-electron chi connectivity index (χ1n) is 6.69. The zero-order valence-corrected chi connectivity index (χ0v) is 13.0. The van der Waals surface area contributed by atoms with Gasteiger partial charge in [0.15, 0.2) is 0 Å². The molecule has 0 saturated heterocycles. The zero-order chi connectivity index (χ0) is 14.8. The molecule has 0 spiro atoms. The summed E-state index contributed by atoms with van der Waals surface area (Å²) in [5.41, 5.74) is -0.465. The second kappa shape index (κ2) is 6.06. The highest BCUT2D eigenvalue weighted by Gasteiger charge is 2.34. The number of aliphatic hydroxyl groups is 1. The van der Waals surface area contributed by atoms with E-state index in [2.05, 4.69) is 15.9 Å². The van der Waals surface area contributed by atoms with Crippen molar-refractivity contribution in [3.63, 3.8) is 0 Å². The summed E-state index contributed by atoms with van der Waals surface area (Å²) in [7, 11) is 1.56. The summed E-state index contributed by atoms with van der Waals surface area (Å²) in [5, 5.41) is 10.3. The molecule has 0 radical (unpaired) electrons. The minimum absolute atomic E-state index is 0.216. The second-order valence-electron chi connectivity index (χ2n) is 5.43. The zero-order valence-electron chi connectivity index (χ0n) is 11.4. The maximum absolute atomic E-state index is 12.1. The molecule has 1 N–H and O–H groups in total. The molecule has 5 heteroatoms. The van der Waals surface area contributed by atoms with Crippen LogP contribution in [0.25, 0.3) is 0 Å². The Kier molecular flexibility index (Phi) is 4.60. The fourth-order valence-corrected chi connectivity index (χ4v) is 2.87. The van der Waals surface area contributed by atoms with Crippen LogP contribution < -0.4 is 0 Å². The van der Waals surface area contributed by atoms with Gasteiger partial charge in [0.05, 0.1) is 5.60 Å². The third-order valence-electron chi connectivity index (χ3n) is 3.71. The van der Waals surface area contributed by atoms with Crippen LogP contribution in [0.5, 0.6) is 0 Å². The van der Waals surface area contributed by atoms with E-state index in [0.29, 0.717) is 18.4 Å². The topological polar surface area (TPSA) is 57.6 Å². The number of carbonyl (C=O) groups is 2. The van der Waals surface area contributed by atoms with Crippen LogP contribution in [0, 0.1) is 0 Å². The van der Waals surface area contributed by atoms with E-state index >= 15 is 0 Å². The summed E-state index contributed by atoms with van der Waals surface area (Å²) < 4.78 is 0.857. The molecule has 0 bridgehead atoms. The summed E-state index contributed by atoms with van der Waals surface area (Å²) in [6, 6.07) is 6.68. The van der Waals surface area contributed by atoms with Crippen LogP contribution in [-0.2, 0) is 4.79 Å². The molecule has 2 rings (SSSR count). The van der Waals surface area contributed by atoms with Crippen molar-refractivity contribution in [3.05, 3.63) is 34.3 Å². The number of benzene rings is 1. The van der Waals surface area contributed by atoms with Gasteiger partial charge in [-0.2, -0.15) is 0 Å². The lowest BCUT2D eigenvalue weighted by atomic mass is 10.0. The quantitative estimate of drug-likeness (QED) is 0.676. The number of rotatable bonds is 4. The van der Waals surface area contributed by atoms with Crippen LogP contribution in [0.3, 0.4) is 0 Å². The van der Waals surface area contributed by atoms with E-state index in [9.17, 15) is 14.7 Å². The minimum Gasteiger partial charge on any atom is -0.388 e. The summed E-state index contributed by atoms with van der Waals surface area (Å²) in [6.45, 7) is 0.216. The molecule has 0 aromatic heterocycles. The molecular weight excluding hydrogens is 322 g/mol. The lowest BCUT2D eigenvalue weighted by molar-refractivity contribution is -0.128. The number of hydrogen-bond donors (Lipinski definition) is 1. The molecule has 0 atom stereocenters. The van der Waals surface area contributed by atoms with Crippen molar-refractivity contribution in [2.24, 2.45) is 0 Å². The van der Waals surface area contributed by atoms with E-state index in [4.69, 9.17) is 0 Å². The van der Waals surface area contributed by atoms with Gasteiger partial charge in [0.25, 0.3) is 5.91 Å². The van der Waals surface area contributed by atoms with Crippen molar-refractivity contribution < 1.29 is 14.7 Å². The molecule has 108 valence electrons. The molecule has 1 amide bonds. The number of halogens is 1. The number of nitrogens with zero attached hydrogens (tertiary/aromatic N) is 1. The lowest BCUT2D eigenvalue weighted by Crippen LogP contribution is -2.44. The fraction of sp³-hybridized carbons (Fsp3) is 0.467. The molecule has 1 fully saturated rings. The van der Waals surface area contributed by atoms with Gasteiger partial charge >= 0.3 is 0 Å². The molecule has 0 aliphatic heterocycles. The second-order valence-corrected chi connectivity index (χ2v) is 6.34. The number of likely N-dealkylation sites (N-methyl/N-ethyl adjacent to an activating group) is 1.